The second kappa shape index (κ2) is 8.98. The van der Waals surface area contributed by atoms with Gasteiger partial charge in [-0.1, -0.05) is 54.6 Å². The van der Waals surface area contributed by atoms with Crippen LogP contribution in [0.5, 0.6) is 0 Å². The van der Waals surface area contributed by atoms with Crippen LogP contribution in [0.4, 0.5) is 4.39 Å². The number of nitrogens with zero attached hydrogens (tertiary/aromatic N) is 1. The number of nitriles is 1. The van der Waals surface area contributed by atoms with Crippen LogP contribution in [0, 0.1) is 17.1 Å². The molecule has 3 aromatic rings. The van der Waals surface area contributed by atoms with Crippen molar-refractivity contribution in [3.8, 4) is 6.07 Å². The van der Waals surface area contributed by atoms with E-state index in [9.17, 15) is 14.0 Å². The Morgan fingerprint density at radius 2 is 1.69 bits per heavy atom. The third-order valence-corrected chi connectivity index (χ3v) is 4.55. The van der Waals surface area contributed by atoms with Crippen molar-refractivity contribution in [1.29, 1.82) is 5.26 Å². The first-order chi connectivity index (χ1) is 14.0. The van der Waals surface area contributed by atoms with E-state index in [1.54, 1.807) is 13.0 Å². The molecule has 0 saturated carbocycles. The third kappa shape index (κ3) is 4.96. The summed E-state index contributed by atoms with van der Waals surface area (Å²) in [4.78, 5) is 25.2. The Morgan fingerprint density at radius 1 is 1.00 bits per heavy atom. The van der Waals surface area contributed by atoms with Gasteiger partial charge in [-0.2, -0.15) is 5.26 Å². The molecule has 2 N–H and O–H groups in total. The van der Waals surface area contributed by atoms with Gasteiger partial charge in [-0.15, -0.1) is 0 Å². The fourth-order valence-electron chi connectivity index (χ4n) is 3.04. The Morgan fingerprint density at radius 3 is 2.41 bits per heavy atom. The van der Waals surface area contributed by atoms with Crippen LogP contribution >= 0.6 is 0 Å². The minimum atomic E-state index is -0.959. The second-order valence-corrected chi connectivity index (χ2v) is 6.75. The van der Waals surface area contributed by atoms with E-state index >= 15 is 0 Å². The van der Waals surface area contributed by atoms with Crippen molar-refractivity contribution in [2.75, 3.05) is 0 Å². The molecule has 2 unspecified atom stereocenters. The molecule has 0 fully saturated rings. The molecule has 5 nitrogen and oxygen atoms in total. The van der Waals surface area contributed by atoms with Gasteiger partial charge < -0.3 is 10.6 Å². The first-order valence-corrected chi connectivity index (χ1v) is 9.21. The average molecular weight is 389 g/mol. The summed E-state index contributed by atoms with van der Waals surface area (Å²) in [5.41, 5.74) is 0.694. The Balaban J connectivity index is 1.85. The number of rotatable bonds is 6. The highest BCUT2D eigenvalue weighted by atomic mass is 19.1. The lowest BCUT2D eigenvalue weighted by atomic mass is 10.0. The van der Waals surface area contributed by atoms with Crippen LogP contribution in [-0.4, -0.2) is 23.9 Å². The second-order valence-electron chi connectivity index (χ2n) is 6.75. The average Bonchev–Trinajstić information content (AvgIpc) is 2.73. The van der Waals surface area contributed by atoms with Gasteiger partial charge >= 0.3 is 0 Å². The van der Waals surface area contributed by atoms with Crippen molar-refractivity contribution < 1.29 is 14.0 Å². The minimum Gasteiger partial charge on any atom is -0.340 e. The largest absolute Gasteiger partial charge is 0.340 e. The first-order valence-electron chi connectivity index (χ1n) is 9.21. The molecule has 3 aromatic carbocycles. The maximum atomic E-state index is 14.0. The number of carbonyl (C=O) groups is 2. The molecule has 0 heterocycles. The SMILES string of the molecule is CC(C#N)NC(=O)C(Cc1ccc2ccccc2c1)NC(=O)c1ccccc1F. The molecule has 0 aliphatic carbocycles. The summed E-state index contributed by atoms with van der Waals surface area (Å²) in [6.45, 7) is 1.55. The Hall–Kier alpha value is -3.72. The highest BCUT2D eigenvalue weighted by Gasteiger charge is 2.24. The number of fused-ring (bicyclic) bond motifs is 1. The van der Waals surface area contributed by atoms with Gasteiger partial charge in [0, 0.05) is 6.42 Å². The third-order valence-electron chi connectivity index (χ3n) is 4.55. The molecule has 0 saturated heterocycles. The maximum Gasteiger partial charge on any atom is 0.254 e. The molecular weight excluding hydrogens is 369 g/mol. The lowest BCUT2D eigenvalue weighted by molar-refractivity contribution is -0.123. The van der Waals surface area contributed by atoms with Crippen LogP contribution in [0.2, 0.25) is 0 Å². The molecule has 0 aromatic heterocycles. The summed E-state index contributed by atoms with van der Waals surface area (Å²) in [7, 11) is 0. The van der Waals surface area contributed by atoms with Crippen molar-refractivity contribution in [2.24, 2.45) is 0 Å². The Bertz CT molecular complexity index is 1090. The van der Waals surface area contributed by atoms with Gasteiger partial charge in [0.1, 0.15) is 17.9 Å². The van der Waals surface area contributed by atoms with Crippen LogP contribution in [-0.2, 0) is 11.2 Å². The van der Waals surface area contributed by atoms with Crippen molar-refractivity contribution in [3.63, 3.8) is 0 Å². The van der Waals surface area contributed by atoms with E-state index in [0.717, 1.165) is 16.3 Å². The van der Waals surface area contributed by atoms with E-state index in [1.165, 1.54) is 18.2 Å². The van der Waals surface area contributed by atoms with Gasteiger partial charge in [0.15, 0.2) is 0 Å². The predicted molar refractivity (Wildman–Crippen MR) is 109 cm³/mol. The van der Waals surface area contributed by atoms with Crippen molar-refractivity contribution in [3.05, 3.63) is 83.7 Å². The van der Waals surface area contributed by atoms with E-state index < -0.39 is 29.7 Å². The molecule has 0 bridgehead atoms. The fourth-order valence-corrected chi connectivity index (χ4v) is 3.04. The summed E-state index contributed by atoms with van der Waals surface area (Å²) in [5.74, 6) is -1.86. The lowest BCUT2D eigenvalue weighted by Crippen LogP contribution is -2.50. The molecule has 3 rings (SSSR count). The van der Waals surface area contributed by atoms with Crippen LogP contribution in [0.3, 0.4) is 0 Å². The quantitative estimate of drug-likeness (QED) is 0.678. The zero-order chi connectivity index (χ0) is 20.8. The van der Waals surface area contributed by atoms with Crippen molar-refractivity contribution in [1.82, 2.24) is 10.6 Å². The number of benzene rings is 3. The summed E-state index contributed by atoms with van der Waals surface area (Å²) in [5, 5.41) is 16.2. The predicted octanol–water partition coefficient (Wildman–Crippen LogP) is 3.35. The molecule has 146 valence electrons. The molecule has 0 spiro atoms. The molecule has 0 radical (unpaired) electrons. The van der Waals surface area contributed by atoms with E-state index in [0.29, 0.717) is 0 Å². The van der Waals surface area contributed by atoms with E-state index in [2.05, 4.69) is 10.6 Å². The van der Waals surface area contributed by atoms with Gasteiger partial charge in [0.25, 0.3) is 5.91 Å². The monoisotopic (exact) mass is 389 g/mol. The van der Waals surface area contributed by atoms with Gasteiger partial charge in [0.2, 0.25) is 5.91 Å². The molecule has 29 heavy (non-hydrogen) atoms. The number of hydrogen-bond acceptors (Lipinski definition) is 3. The van der Waals surface area contributed by atoms with Crippen LogP contribution < -0.4 is 10.6 Å². The van der Waals surface area contributed by atoms with Gasteiger partial charge in [-0.25, -0.2) is 4.39 Å². The number of amides is 2. The van der Waals surface area contributed by atoms with Gasteiger partial charge in [0.05, 0.1) is 11.6 Å². The van der Waals surface area contributed by atoms with Crippen LogP contribution in [0.1, 0.15) is 22.8 Å². The highest BCUT2D eigenvalue weighted by molar-refractivity contribution is 5.98. The first kappa shape index (κ1) is 20.0. The number of nitrogens with one attached hydrogen (secondary N) is 2. The molecule has 2 amide bonds. The molecule has 2 atom stereocenters. The molecule has 0 aliphatic heterocycles. The highest BCUT2D eigenvalue weighted by Crippen LogP contribution is 2.17. The summed E-state index contributed by atoms with van der Waals surface area (Å²) in [6.07, 6.45) is 0.203. The molecule has 6 heteroatoms. The van der Waals surface area contributed by atoms with E-state index in [1.807, 2.05) is 48.5 Å². The summed E-state index contributed by atoms with van der Waals surface area (Å²) in [6, 6.07) is 19.4. The van der Waals surface area contributed by atoms with E-state index in [4.69, 9.17) is 5.26 Å². The minimum absolute atomic E-state index is 0.142. The standard InChI is InChI=1S/C23H20FN3O2/c1-15(14-25)26-23(29)21(27-22(28)19-8-4-5-9-20(19)24)13-16-10-11-17-6-2-3-7-18(17)12-16/h2-12,15,21H,13H2,1H3,(H,26,29)(H,27,28). The maximum absolute atomic E-state index is 14.0. The summed E-state index contributed by atoms with van der Waals surface area (Å²) >= 11 is 0. The number of carbonyl (C=O) groups excluding carboxylic acids is 2. The zero-order valence-corrected chi connectivity index (χ0v) is 15.9. The van der Waals surface area contributed by atoms with Gasteiger partial charge in [-0.05, 0) is 35.4 Å². The number of hydrogen-bond donors (Lipinski definition) is 2. The Kier molecular flexibility index (Phi) is 6.20. The normalized spacial score (nSPS) is 12.6. The molecule has 0 aliphatic rings. The number of halogens is 1. The fraction of sp³-hybridized carbons (Fsp3) is 0.174. The van der Waals surface area contributed by atoms with Crippen LogP contribution in [0.25, 0.3) is 10.8 Å². The van der Waals surface area contributed by atoms with Gasteiger partial charge in [-0.3, -0.25) is 9.59 Å². The summed E-state index contributed by atoms with van der Waals surface area (Å²) < 4.78 is 14.0. The Labute approximate surface area is 168 Å². The molecular formula is C23H20FN3O2. The van der Waals surface area contributed by atoms with Crippen molar-refractivity contribution >= 4 is 22.6 Å². The zero-order valence-electron chi connectivity index (χ0n) is 15.9. The smallest absolute Gasteiger partial charge is 0.254 e. The van der Waals surface area contributed by atoms with E-state index in [-0.39, 0.29) is 12.0 Å². The van der Waals surface area contributed by atoms with Crippen molar-refractivity contribution in [2.45, 2.75) is 25.4 Å². The van der Waals surface area contributed by atoms with Crippen LogP contribution in [0.15, 0.2) is 66.7 Å². The topological polar surface area (TPSA) is 82.0 Å². The lowest BCUT2D eigenvalue weighted by Gasteiger charge is -2.20.